The number of nitriles is 1. The van der Waals surface area contributed by atoms with Gasteiger partial charge in [0.15, 0.2) is 5.65 Å². The normalized spacial score (nSPS) is 10.2. The molecule has 0 unspecified atom stereocenters. The van der Waals surface area contributed by atoms with Gasteiger partial charge < -0.3 is 5.73 Å². The Labute approximate surface area is 78.4 Å². The minimum atomic E-state index is 0.136. The second kappa shape index (κ2) is 2.61. The molecule has 0 aliphatic carbocycles. The summed E-state index contributed by atoms with van der Waals surface area (Å²) in [5.41, 5.74) is 6.24. The summed E-state index contributed by atoms with van der Waals surface area (Å²) < 4.78 is 1.39. The number of anilines is 1. The summed E-state index contributed by atoms with van der Waals surface area (Å²) in [6.07, 6.45) is 1.52. The second-order valence-corrected chi connectivity index (χ2v) is 2.83. The Bertz CT molecular complexity index is 509. The lowest BCUT2D eigenvalue weighted by atomic mass is 10.3. The van der Waals surface area contributed by atoms with Crippen molar-refractivity contribution in [1.82, 2.24) is 14.6 Å². The molecule has 13 heavy (non-hydrogen) atoms. The Morgan fingerprint density at radius 3 is 3.08 bits per heavy atom. The lowest BCUT2D eigenvalue weighted by molar-refractivity contribution is 0.964. The van der Waals surface area contributed by atoms with E-state index in [2.05, 4.69) is 10.1 Å². The van der Waals surface area contributed by atoms with Crippen LogP contribution in [0, 0.1) is 11.3 Å². The first kappa shape index (κ1) is 7.83. The summed E-state index contributed by atoms with van der Waals surface area (Å²) in [4.78, 5) is 3.88. The van der Waals surface area contributed by atoms with Gasteiger partial charge in [0, 0.05) is 6.20 Å². The molecule has 0 saturated heterocycles. The third-order valence-corrected chi connectivity index (χ3v) is 1.81. The van der Waals surface area contributed by atoms with Crippen LogP contribution in [0.25, 0.3) is 5.65 Å². The van der Waals surface area contributed by atoms with Crippen LogP contribution in [0.1, 0.15) is 5.56 Å². The van der Waals surface area contributed by atoms with Gasteiger partial charge in [-0.2, -0.15) is 10.2 Å². The van der Waals surface area contributed by atoms with E-state index in [1.165, 1.54) is 16.8 Å². The van der Waals surface area contributed by atoms with Crippen LogP contribution in [0.4, 0.5) is 5.95 Å². The molecule has 2 aromatic heterocycles. The van der Waals surface area contributed by atoms with Crippen molar-refractivity contribution in [2.75, 3.05) is 5.73 Å². The van der Waals surface area contributed by atoms with E-state index in [0.29, 0.717) is 16.2 Å². The van der Waals surface area contributed by atoms with Gasteiger partial charge in [0.2, 0.25) is 5.95 Å². The van der Waals surface area contributed by atoms with Crippen molar-refractivity contribution in [1.29, 1.82) is 5.26 Å². The van der Waals surface area contributed by atoms with Crippen LogP contribution >= 0.6 is 11.6 Å². The predicted molar refractivity (Wildman–Crippen MR) is 47.1 cm³/mol. The third kappa shape index (κ3) is 1.17. The van der Waals surface area contributed by atoms with Crippen LogP contribution < -0.4 is 5.73 Å². The van der Waals surface area contributed by atoms with Crippen molar-refractivity contribution in [3.8, 4) is 6.07 Å². The summed E-state index contributed by atoms with van der Waals surface area (Å²) in [5, 5.41) is 12.8. The van der Waals surface area contributed by atoms with Crippen LogP contribution in [-0.2, 0) is 0 Å². The molecule has 0 radical (unpaired) electrons. The zero-order chi connectivity index (χ0) is 9.42. The monoisotopic (exact) mass is 193 g/mol. The summed E-state index contributed by atoms with van der Waals surface area (Å²) in [6.45, 7) is 0. The Kier molecular flexibility index (Phi) is 1.57. The average molecular weight is 194 g/mol. The number of hydrogen-bond acceptors (Lipinski definition) is 4. The molecular weight excluding hydrogens is 190 g/mol. The summed E-state index contributed by atoms with van der Waals surface area (Å²) in [7, 11) is 0. The first-order valence-corrected chi connectivity index (χ1v) is 3.80. The van der Waals surface area contributed by atoms with Gasteiger partial charge in [0.05, 0.1) is 10.6 Å². The molecule has 2 aromatic rings. The van der Waals surface area contributed by atoms with Crippen molar-refractivity contribution in [2.45, 2.75) is 0 Å². The molecule has 2 N–H and O–H groups in total. The fourth-order valence-corrected chi connectivity index (χ4v) is 1.27. The molecule has 6 heteroatoms. The van der Waals surface area contributed by atoms with Gasteiger partial charge in [0.1, 0.15) is 6.07 Å². The van der Waals surface area contributed by atoms with E-state index in [9.17, 15) is 0 Å². The molecule has 2 rings (SSSR count). The molecule has 5 nitrogen and oxygen atoms in total. The number of pyridine rings is 1. The average Bonchev–Trinajstić information content (AvgIpc) is 2.46. The summed E-state index contributed by atoms with van der Waals surface area (Å²) in [6, 6.07) is 3.47. The fourth-order valence-electron chi connectivity index (χ4n) is 1.02. The van der Waals surface area contributed by atoms with Gasteiger partial charge >= 0.3 is 0 Å². The number of rotatable bonds is 0. The van der Waals surface area contributed by atoms with Crippen molar-refractivity contribution in [2.24, 2.45) is 0 Å². The minimum absolute atomic E-state index is 0.136. The Morgan fingerprint density at radius 1 is 1.62 bits per heavy atom. The maximum atomic E-state index is 8.63. The lowest BCUT2D eigenvalue weighted by Crippen LogP contribution is -1.90. The summed E-state index contributed by atoms with van der Waals surface area (Å²) in [5.74, 6) is 0.136. The van der Waals surface area contributed by atoms with Crippen molar-refractivity contribution >= 4 is 23.2 Å². The highest BCUT2D eigenvalue weighted by molar-refractivity contribution is 6.33. The molecule has 0 atom stereocenters. The topological polar surface area (TPSA) is 80.0 Å². The highest BCUT2D eigenvalue weighted by Crippen LogP contribution is 2.17. The van der Waals surface area contributed by atoms with E-state index < -0.39 is 0 Å². The first-order chi connectivity index (χ1) is 6.20. The molecule has 2 heterocycles. The molecule has 0 aromatic carbocycles. The van der Waals surface area contributed by atoms with E-state index >= 15 is 0 Å². The van der Waals surface area contributed by atoms with Crippen LogP contribution in [0.2, 0.25) is 5.02 Å². The van der Waals surface area contributed by atoms with E-state index in [-0.39, 0.29) is 5.95 Å². The van der Waals surface area contributed by atoms with Crippen LogP contribution in [0.15, 0.2) is 12.3 Å². The van der Waals surface area contributed by atoms with E-state index in [4.69, 9.17) is 22.6 Å². The fraction of sp³-hybridized carbons (Fsp3) is 0. The number of nitrogens with two attached hydrogens (primary N) is 1. The maximum absolute atomic E-state index is 8.63. The highest BCUT2D eigenvalue weighted by atomic mass is 35.5. The maximum Gasteiger partial charge on any atom is 0.240 e. The zero-order valence-electron chi connectivity index (χ0n) is 6.40. The van der Waals surface area contributed by atoms with Crippen molar-refractivity contribution in [3.05, 3.63) is 22.8 Å². The smallest absolute Gasteiger partial charge is 0.240 e. The first-order valence-electron chi connectivity index (χ1n) is 3.42. The number of hydrogen-bond donors (Lipinski definition) is 1. The van der Waals surface area contributed by atoms with Crippen LogP contribution in [0.3, 0.4) is 0 Å². The molecule has 0 amide bonds. The Morgan fingerprint density at radius 2 is 2.38 bits per heavy atom. The zero-order valence-corrected chi connectivity index (χ0v) is 7.15. The number of aromatic nitrogens is 3. The van der Waals surface area contributed by atoms with Crippen molar-refractivity contribution in [3.63, 3.8) is 0 Å². The van der Waals surface area contributed by atoms with Gasteiger partial charge in [0.25, 0.3) is 0 Å². The second-order valence-electron chi connectivity index (χ2n) is 2.43. The van der Waals surface area contributed by atoms with Crippen LogP contribution in [-0.4, -0.2) is 14.6 Å². The molecule has 64 valence electrons. The summed E-state index contributed by atoms with van der Waals surface area (Å²) >= 11 is 5.82. The van der Waals surface area contributed by atoms with E-state index in [1.807, 2.05) is 6.07 Å². The number of fused-ring (bicyclic) bond motifs is 1. The minimum Gasteiger partial charge on any atom is -0.366 e. The molecule has 0 fully saturated rings. The molecule has 0 aliphatic heterocycles. The SMILES string of the molecule is N#Cc1cc(Cl)c2nc(N)nn2c1. The largest absolute Gasteiger partial charge is 0.366 e. The number of nitrogen functional groups attached to an aromatic ring is 1. The van der Waals surface area contributed by atoms with E-state index in [1.54, 1.807) is 0 Å². The molecule has 0 spiro atoms. The van der Waals surface area contributed by atoms with E-state index in [0.717, 1.165) is 0 Å². The van der Waals surface area contributed by atoms with Gasteiger partial charge in [-0.3, -0.25) is 0 Å². The van der Waals surface area contributed by atoms with Gasteiger partial charge in [-0.25, -0.2) is 4.52 Å². The Hall–Kier alpha value is -1.80. The molecule has 0 bridgehead atoms. The molecular formula is C7H4ClN5. The number of nitrogens with zero attached hydrogens (tertiary/aromatic N) is 4. The quantitative estimate of drug-likeness (QED) is 0.672. The predicted octanol–water partition coefficient (Wildman–Crippen LogP) is 0.837. The molecule has 0 aliphatic rings. The van der Waals surface area contributed by atoms with Gasteiger partial charge in [-0.1, -0.05) is 11.6 Å². The third-order valence-electron chi connectivity index (χ3n) is 1.53. The van der Waals surface area contributed by atoms with Crippen LogP contribution in [0.5, 0.6) is 0 Å². The van der Waals surface area contributed by atoms with Gasteiger partial charge in [-0.05, 0) is 6.07 Å². The van der Waals surface area contributed by atoms with Crippen molar-refractivity contribution < 1.29 is 0 Å². The Balaban J connectivity index is 2.85. The lowest BCUT2D eigenvalue weighted by Gasteiger charge is -1.93. The molecule has 0 saturated carbocycles. The highest BCUT2D eigenvalue weighted by Gasteiger charge is 2.05. The number of halogens is 1. The van der Waals surface area contributed by atoms with Gasteiger partial charge in [-0.15, -0.1) is 5.10 Å². The standard InChI is InChI=1S/C7H4ClN5/c8-5-1-4(2-9)3-13-6(5)11-7(10)12-13/h1,3H,(H2,10,12).